The Kier molecular flexibility index (Phi) is 7.91. The van der Waals surface area contributed by atoms with Gasteiger partial charge in [0.2, 0.25) is 0 Å². The van der Waals surface area contributed by atoms with Crippen LogP contribution in [0.1, 0.15) is 41.2 Å². The number of rotatable bonds is 9. The fourth-order valence-electron chi connectivity index (χ4n) is 1.65. The Bertz CT molecular complexity index is 468. The van der Waals surface area contributed by atoms with Crippen LogP contribution in [0, 0.1) is 0 Å². The number of pyridine rings is 1. The van der Waals surface area contributed by atoms with E-state index in [0.717, 1.165) is 13.0 Å². The minimum atomic E-state index is -0.603. The Morgan fingerprint density at radius 3 is 2.09 bits per heavy atom. The molecule has 0 unspecified atom stereocenters. The number of nitrogens with one attached hydrogen (secondary N) is 1. The second-order valence-corrected chi connectivity index (χ2v) is 4.32. The average Bonchev–Trinajstić information content (AvgIpc) is 2.52. The molecule has 1 N–H and O–H groups in total. The van der Waals surface area contributed by atoms with Crippen molar-refractivity contribution < 1.29 is 23.8 Å². The number of esters is 2. The van der Waals surface area contributed by atoms with E-state index in [4.69, 9.17) is 14.2 Å². The maximum absolute atomic E-state index is 11.8. The van der Waals surface area contributed by atoms with Crippen molar-refractivity contribution in [1.82, 2.24) is 10.3 Å². The number of hydrogen-bond donors (Lipinski definition) is 1. The molecular weight excluding hydrogens is 288 g/mol. The number of nitrogens with zero attached hydrogens (tertiary/aromatic N) is 1. The van der Waals surface area contributed by atoms with E-state index < -0.39 is 11.9 Å². The molecule has 0 aliphatic carbocycles. The third kappa shape index (κ3) is 5.69. The summed E-state index contributed by atoms with van der Waals surface area (Å²) in [6, 6.07) is 2.92. The van der Waals surface area contributed by atoms with Crippen LogP contribution in [0.5, 0.6) is 5.75 Å². The molecule has 22 heavy (non-hydrogen) atoms. The van der Waals surface area contributed by atoms with Gasteiger partial charge in [0.1, 0.15) is 5.75 Å². The van der Waals surface area contributed by atoms with Crippen molar-refractivity contribution in [3.8, 4) is 5.75 Å². The lowest BCUT2D eigenvalue weighted by molar-refractivity contribution is 0.0510. The molecule has 0 bridgehead atoms. The van der Waals surface area contributed by atoms with Gasteiger partial charge in [-0.25, -0.2) is 14.6 Å². The van der Waals surface area contributed by atoms with E-state index in [1.807, 2.05) is 7.05 Å². The van der Waals surface area contributed by atoms with Crippen LogP contribution >= 0.6 is 0 Å². The van der Waals surface area contributed by atoms with Gasteiger partial charge in [-0.05, 0) is 33.9 Å². The van der Waals surface area contributed by atoms with Gasteiger partial charge in [-0.15, -0.1) is 0 Å². The van der Waals surface area contributed by atoms with Gasteiger partial charge in [0.05, 0.1) is 19.8 Å². The summed E-state index contributed by atoms with van der Waals surface area (Å²) in [4.78, 5) is 27.6. The monoisotopic (exact) mass is 310 g/mol. The molecule has 1 heterocycles. The molecule has 1 rings (SSSR count). The second-order valence-electron chi connectivity index (χ2n) is 4.32. The van der Waals surface area contributed by atoms with Crippen molar-refractivity contribution in [3.05, 3.63) is 23.5 Å². The topological polar surface area (TPSA) is 86.8 Å². The molecular formula is C15H22N2O5. The van der Waals surface area contributed by atoms with Crippen LogP contribution in [0.4, 0.5) is 0 Å². The maximum Gasteiger partial charge on any atom is 0.357 e. The minimum absolute atomic E-state index is 0.0241. The predicted molar refractivity (Wildman–Crippen MR) is 80.2 cm³/mol. The molecule has 1 aromatic heterocycles. The zero-order valence-corrected chi connectivity index (χ0v) is 13.2. The summed E-state index contributed by atoms with van der Waals surface area (Å²) in [5.41, 5.74) is 0.0482. The van der Waals surface area contributed by atoms with E-state index in [9.17, 15) is 9.59 Å². The lowest BCUT2D eigenvalue weighted by Gasteiger charge is -2.10. The standard InChI is InChI=1S/C15H22N2O5/c1-4-20-14(18)12-9-11(22-8-6-7-16-3)10-13(17-12)15(19)21-5-2/h9-10,16H,4-8H2,1-3H3. The molecule has 7 heteroatoms. The average molecular weight is 310 g/mol. The summed E-state index contributed by atoms with van der Waals surface area (Å²) in [6.07, 6.45) is 0.794. The van der Waals surface area contributed by atoms with Gasteiger partial charge in [-0.2, -0.15) is 0 Å². The number of ether oxygens (including phenoxy) is 3. The highest BCUT2D eigenvalue weighted by Gasteiger charge is 2.17. The molecule has 1 aromatic rings. The molecule has 0 aliphatic heterocycles. The lowest BCUT2D eigenvalue weighted by Crippen LogP contribution is -2.15. The van der Waals surface area contributed by atoms with E-state index in [1.54, 1.807) is 13.8 Å². The molecule has 0 amide bonds. The van der Waals surface area contributed by atoms with Crippen LogP contribution < -0.4 is 10.1 Å². The molecule has 122 valence electrons. The molecule has 0 radical (unpaired) electrons. The van der Waals surface area contributed by atoms with Crippen LogP contribution in [0.3, 0.4) is 0 Å². The van der Waals surface area contributed by atoms with Crippen LogP contribution in [-0.2, 0) is 9.47 Å². The smallest absolute Gasteiger partial charge is 0.357 e. The Balaban J connectivity index is 2.93. The summed E-state index contributed by atoms with van der Waals surface area (Å²) in [6.45, 7) is 5.10. The SMILES string of the molecule is CCOC(=O)c1cc(OCCCNC)cc(C(=O)OCC)n1. The summed E-state index contributed by atoms with van der Waals surface area (Å²) < 4.78 is 15.4. The zero-order chi connectivity index (χ0) is 16.4. The van der Waals surface area contributed by atoms with Crippen LogP contribution in [0.25, 0.3) is 0 Å². The van der Waals surface area contributed by atoms with E-state index >= 15 is 0 Å². The number of carbonyl (C=O) groups excluding carboxylic acids is 2. The molecule has 0 spiro atoms. The summed E-state index contributed by atoms with van der Waals surface area (Å²) >= 11 is 0. The first-order valence-corrected chi connectivity index (χ1v) is 7.26. The summed E-state index contributed by atoms with van der Waals surface area (Å²) in [5.74, 6) is -0.820. The molecule has 0 saturated carbocycles. The first-order chi connectivity index (χ1) is 10.6. The Labute approximate surface area is 130 Å². The minimum Gasteiger partial charge on any atom is -0.493 e. The predicted octanol–water partition coefficient (Wildman–Crippen LogP) is 1.42. The van der Waals surface area contributed by atoms with Crippen LogP contribution in [0.15, 0.2) is 12.1 Å². The Hall–Kier alpha value is -2.15. The van der Waals surface area contributed by atoms with E-state index in [1.165, 1.54) is 12.1 Å². The zero-order valence-electron chi connectivity index (χ0n) is 13.2. The summed E-state index contributed by atoms with van der Waals surface area (Å²) in [7, 11) is 1.85. The van der Waals surface area contributed by atoms with Gasteiger partial charge in [0, 0.05) is 12.1 Å². The molecule has 0 aromatic carbocycles. The van der Waals surface area contributed by atoms with Crippen molar-refractivity contribution in [2.45, 2.75) is 20.3 Å². The number of aromatic nitrogens is 1. The van der Waals surface area contributed by atoms with Crippen LogP contribution in [-0.4, -0.2) is 50.3 Å². The Morgan fingerprint density at radius 1 is 1.09 bits per heavy atom. The van der Waals surface area contributed by atoms with Gasteiger partial charge in [-0.3, -0.25) is 0 Å². The van der Waals surface area contributed by atoms with E-state index in [0.29, 0.717) is 12.4 Å². The third-order valence-electron chi connectivity index (χ3n) is 2.61. The molecule has 0 aliphatic rings. The number of hydrogen-bond acceptors (Lipinski definition) is 7. The Morgan fingerprint density at radius 2 is 1.64 bits per heavy atom. The maximum atomic E-state index is 11.8. The van der Waals surface area contributed by atoms with Gasteiger partial charge < -0.3 is 19.5 Å². The van der Waals surface area contributed by atoms with Gasteiger partial charge >= 0.3 is 11.9 Å². The normalized spacial score (nSPS) is 10.1. The third-order valence-corrected chi connectivity index (χ3v) is 2.61. The molecule has 7 nitrogen and oxygen atoms in total. The second kappa shape index (κ2) is 9.73. The van der Waals surface area contributed by atoms with Crippen molar-refractivity contribution >= 4 is 11.9 Å². The summed E-state index contributed by atoms with van der Waals surface area (Å²) in [5, 5.41) is 3.01. The highest BCUT2D eigenvalue weighted by Crippen LogP contribution is 2.16. The van der Waals surface area contributed by atoms with Gasteiger partial charge in [-0.1, -0.05) is 0 Å². The highest BCUT2D eigenvalue weighted by molar-refractivity contribution is 5.92. The fourth-order valence-corrected chi connectivity index (χ4v) is 1.65. The molecule has 0 atom stereocenters. The van der Waals surface area contributed by atoms with E-state index in [-0.39, 0.29) is 24.6 Å². The van der Waals surface area contributed by atoms with Gasteiger partial charge in [0.25, 0.3) is 0 Å². The van der Waals surface area contributed by atoms with Crippen LogP contribution in [0.2, 0.25) is 0 Å². The van der Waals surface area contributed by atoms with Gasteiger partial charge in [0.15, 0.2) is 11.4 Å². The van der Waals surface area contributed by atoms with Crippen molar-refractivity contribution in [2.24, 2.45) is 0 Å². The number of carbonyl (C=O) groups is 2. The molecule has 0 saturated heterocycles. The lowest BCUT2D eigenvalue weighted by atomic mass is 10.2. The van der Waals surface area contributed by atoms with Crippen molar-refractivity contribution in [1.29, 1.82) is 0 Å². The first kappa shape index (κ1) is 17.9. The van der Waals surface area contributed by atoms with E-state index in [2.05, 4.69) is 10.3 Å². The van der Waals surface area contributed by atoms with Crippen molar-refractivity contribution in [3.63, 3.8) is 0 Å². The fraction of sp³-hybridized carbons (Fsp3) is 0.533. The first-order valence-electron chi connectivity index (χ1n) is 7.26. The highest BCUT2D eigenvalue weighted by atomic mass is 16.5. The molecule has 0 fully saturated rings. The van der Waals surface area contributed by atoms with Crippen molar-refractivity contribution in [2.75, 3.05) is 33.4 Å². The largest absolute Gasteiger partial charge is 0.493 e. The quantitative estimate of drug-likeness (QED) is 0.545.